The van der Waals surface area contributed by atoms with Crippen molar-refractivity contribution in [3.8, 4) is 11.3 Å². The number of anilines is 1. The Balaban J connectivity index is 1.71. The minimum Gasteiger partial charge on any atom is -0.320 e. The van der Waals surface area contributed by atoms with Crippen LogP contribution in [0, 0.1) is 6.92 Å². The van der Waals surface area contributed by atoms with Crippen molar-refractivity contribution in [2.75, 3.05) is 5.32 Å². The fourth-order valence-electron chi connectivity index (χ4n) is 2.76. The van der Waals surface area contributed by atoms with Gasteiger partial charge in [-0.2, -0.15) is 5.10 Å². The molecule has 0 radical (unpaired) electrons. The average Bonchev–Trinajstić information content (AvgIpc) is 3.27. The van der Waals surface area contributed by atoms with Crippen LogP contribution < -0.4 is 5.32 Å². The molecule has 0 fully saturated rings. The Labute approximate surface area is 159 Å². The largest absolute Gasteiger partial charge is 0.320 e. The lowest BCUT2D eigenvalue weighted by Crippen LogP contribution is -2.12. The number of hydrogen-bond acceptors (Lipinski definition) is 4. The van der Waals surface area contributed by atoms with Crippen molar-refractivity contribution in [2.45, 2.75) is 12.8 Å². The molecule has 0 bridgehead atoms. The van der Waals surface area contributed by atoms with Crippen LogP contribution >= 0.6 is 22.9 Å². The predicted octanol–water partition coefficient (Wildman–Crippen LogP) is 4.76. The molecule has 5 nitrogen and oxygen atoms in total. The van der Waals surface area contributed by atoms with E-state index in [2.05, 4.69) is 15.4 Å². The summed E-state index contributed by atoms with van der Waals surface area (Å²) in [6.07, 6.45) is 3.63. The van der Waals surface area contributed by atoms with Crippen LogP contribution in [0.1, 0.15) is 20.2 Å². The van der Waals surface area contributed by atoms with E-state index in [1.807, 2.05) is 55.6 Å². The Morgan fingerprint density at radius 3 is 2.85 bits per heavy atom. The minimum atomic E-state index is -0.238. The summed E-state index contributed by atoms with van der Waals surface area (Å²) in [4.78, 5) is 18.1. The number of rotatable bonds is 4. The van der Waals surface area contributed by atoms with Crippen molar-refractivity contribution in [1.29, 1.82) is 0 Å². The monoisotopic (exact) mass is 382 g/mol. The van der Waals surface area contributed by atoms with Crippen LogP contribution in [0.2, 0.25) is 0 Å². The number of benzene rings is 1. The van der Waals surface area contributed by atoms with Crippen LogP contribution in [0.15, 0.2) is 54.9 Å². The second kappa shape index (κ2) is 6.90. The highest BCUT2D eigenvalue weighted by atomic mass is 35.5. The average molecular weight is 383 g/mol. The Morgan fingerprint density at radius 1 is 1.23 bits per heavy atom. The van der Waals surface area contributed by atoms with Gasteiger partial charge in [0.15, 0.2) is 5.01 Å². The van der Waals surface area contributed by atoms with E-state index in [-0.39, 0.29) is 11.8 Å². The topological polar surface area (TPSA) is 59.3 Å². The summed E-state index contributed by atoms with van der Waals surface area (Å²) >= 11 is 7.42. The number of para-hydroxylation sites is 1. The molecule has 4 rings (SSSR count). The molecule has 4 aromatic rings. The number of carbonyl (C=O) groups is 1. The number of aromatic nitrogens is 3. The quantitative estimate of drug-likeness (QED) is 0.518. The molecule has 1 N–H and O–H groups in total. The van der Waals surface area contributed by atoms with E-state index in [9.17, 15) is 4.79 Å². The molecule has 130 valence electrons. The number of nitrogens with zero attached hydrogens (tertiary/aromatic N) is 3. The normalized spacial score (nSPS) is 11.0. The third-order valence-corrected chi connectivity index (χ3v) is 5.57. The highest BCUT2D eigenvalue weighted by Gasteiger charge is 2.20. The number of thiazole rings is 1. The highest BCUT2D eigenvalue weighted by molar-refractivity contribution is 7.14. The van der Waals surface area contributed by atoms with Gasteiger partial charge in [-0.15, -0.1) is 22.9 Å². The number of aryl methyl sites for hydroxylation is 1. The zero-order valence-electron chi connectivity index (χ0n) is 13.9. The van der Waals surface area contributed by atoms with Gasteiger partial charge in [0.25, 0.3) is 5.91 Å². The second-order valence-electron chi connectivity index (χ2n) is 5.78. The molecular weight excluding hydrogens is 368 g/mol. The molecule has 3 aromatic heterocycles. The van der Waals surface area contributed by atoms with Gasteiger partial charge in [0.05, 0.1) is 23.3 Å². The van der Waals surface area contributed by atoms with Gasteiger partial charge in [-0.3, -0.25) is 4.79 Å². The van der Waals surface area contributed by atoms with Crippen molar-refractivity contribution in [2.24, 2.45) is 0 Å². The van der Waals surface area contributed by atoms with E-state index < -0.39 is 0 Å². The number of halogens is 1. The zero-order chi connectivity index (χ0) is 18.1. The fraction of sp³-hybridized carbons (Fsp3) is 0.105. The summed E-state index contributed by atoms with van der Waals surface area (Å²) in [5.74, 6) is 0.0489. The lowest BCUT2D eigenvalue weighted by atomic mass is 10.2. The molecule has 7 heteroatoms. The zero-order valence-corrected chi connectivity index (χ0v) is 15.5. The van der Waals surface area contributed by atoms with E-state index >= 15 is 0 Å². The number of alkyl halides is 1. The van der Waals surface area contributed by atoms with Gasteiger partial charge in [0.1, 0.15) is 0 Å². The van der Waals surface area contributed by atoms with Crippen LogP contribution in [-0.2, 0) is 5.88 Å². The van der Waals surface area contributed by atoms with E-state index in [4.69, 9.17) is 11.6 Å². The van der Waals surface area contributed by atoms with Crippen molar-refractivity contribution >= 4 is 40.0 Å². The minimum absolute atomic E-state index is 0.238. The molecule has 0 unspecified atom stereocenters. The van der Waals surface area contributed by atoms with Gasteiger partial charge >= 0.3 is 0 Å². The van der Waals surface area contributed by atoms with Gasteiger partial charge in [-0.1, -0.05) is 24.3 Å². The molecule has 0 spiro atoms. The molecule has 1 amide bonds. The summed E-state index contributed by atoms with van der Waals surface area (Å²) in [7, 11) is 0. The summed E-state index contributed by atoms with van der Waals surface area (Å²) in [6, 6.07) is 13.5. The molecule has 0 aliphatic rings. The number of pyridine rings is 1. The standard InChI is InChI=1S/C19H15ClN4OS/c1-12-6-2-3-7-14(12)22-18(25)19-23-17(16(10-20)26-19)13-11-21-24-9-5-4-8-15(13)24/h2-9,11H,10H2,1H3,(H,22,25). The SMILES string of the molecule is Cc1ccccc1NC(=O)c1nc(-c2cnn3ccccc23)c(CCl)s1. The lowest BCUT2D eigenvalue weighted by molar-refractivity contribution is 0.102. The summed E-state index contributed by atoms with van der Waals surface area (Å²) < 4.78 is 1.78. The molecule has 26 heavy (non-hydrogen) atoms. The summed E-state index contributed by atoms with van der Waals surface area (Å²) in [5, 5.41) is 7.64. The van der Waals surface area contributed by atoms with Crippen LogP contribution in [0.5, 0.6) is 0 Å². The smallest absolute Gasteiger partial charge is 0.284 e. The third kappa shape index (κ3) is 2.98. The molecule has 0 saturated heterocycles. The molecule has 1 aromatic carbocycles. The van der Waals surface area contributed by atoms with Gasteiger partial charge < -0.3 is 5.32 Å². The second-order valence-corrected chi connectivity index (χ2v) is 7.13. The first-order chi connectivity index (χ1) is 12.7. The van der Waals surface area contributed by atoms with Gasteiger partial charge in [-0.05, 0) is 30.7 Å². The number of hydrogen-bond donors (Lipinski definition) is 1. The van der Waals surface area contributed by atoms with Crippen molar-refractivity contribution in [3.63, 3.8) is 0 Å². The van der Waals surface area contributed by atoms with Crippen LogP contribution in [0.25, 0.3) is 16.8 Å². The van der Waals surface area contributed by atoms with Gasteiger partial charge in [0.2, 0.25) is 0 Å². The first-order valence-electron chi connectivity index (χ1n) is 8.03. The molecule has 0 atom stereocenters. The molecule has 0 aliphatic heterocycles. The third-order valence-electron chi connectivity index (χ3n) is 4.09. The number of amides is 1. The van der Waals surface area contributed by atoms with E-state index in [1.54, 1.807) is 10.7 Å². The van der Waals surface area contributed by atoms with Crippen LogP contribution in [-0.4, -0.2) is 20.5 Å². The van der Waals surface area contributed by atoms with Crippen LogP contribution in [0.4, 0.5) is 5.69 Å². The maximum absolute atomic E-state index is 12.7. The lowest BCUT2D eigenvalue weighted by Gasteiger charge is -2.05. The molecule has 0 aliphatic carbocycles. The summed E-state index contributed by atoms with van der Waals surface area (Å²) in [5.41, 5.74) is 4.28. The van der Waals surface area contributed by atoms with Gasteiger partial charge in [-0.25, -0.2) is 9.50 Å². The first-order valence-corrected chi connectivity index (χ1v) is 9.38. The highest BCUT2D eigenvalue weighted by Crippen LogP contribution is 2.32. The number of fused-ring (bicyclic) bond motifs is 1. The maximum Gasteiger partial charge on any atom is 0.284 e. The molecular formula is C19H15ClN4OS. The van der Waals surface area contributed by atoms with E-state index in [1.165, 1.54) is 11.3 Å². The van der Waals surface area contributed by atoms with Crippen molar-refractivity contribution in [1.82, 2.24) is 14.6 Å². The van der Waals surface area contributed by atoms with Gasteiger partial charge in [0, 0.05) is 22.3 Å². The molecule has 0 saturated carbocycles. The van der Waals surface area contributed by atoms with Crippen molar-refractivity contribution < 1.29 is 4.79 Å². The molecule has 3 heterocycles. The maximum atomic E-state index is 12.7. The Morgan fingerprint density at radius 2 is 2.04 bits per heavy atom. The Bertz CT molecular complexity index is 1100. The number of carbonyl (C=O) groups excluding carboxylic acids is 1. The van der Waals surface area contributed by atoms with E-state index in [0.717, 1.165) is 27.2 Å². The van der Waals surface area contributed by atoms with Crippen molar-refractivity contribution in [3.05, 3.63) is 70.3 Å². The fourth-order valence-corrected chi connectivity index (χ4v) is 3.87. The van der Waals surface area contributed by atoms with E-state index in [0.29, 0.717) is 10.7 Å². The van der Waals surface area contributed by atoms with Crippen LogP contribution in [0.3, 0.4) is 0 Å². The first kappa shape index (κ1) is 16.8. The predicted molar refractivity (Wildman–Crippen MR) is 105 cm³/mol. The Hall–Kier alpha value is -2.70. The number of nitrogens with one attached hydrogen (secondary N) is 1. The Kier molecular flexibility index (Phi) is 4.44. The summed E-state index contributed by atoms with van der Waals surface area (Å²) in [6.45, 7) is 1.95.